The van der Waals surface area contributed by atoms with Gasteiger partial charge in [0.15, 0.2) is 0 Å². The van der Waals surface area contributed by atoms with Crippen LogP contribution in [0.3, 0.4) is 0 Å². The van der Waals surface area contributed by atoms with Crippen molar-refractivity contribution in [1.29, 1.82) is 0 Å². The number of nitrogens with zero attached hydrogens (tertiary/aromatic N) is 2. The van der Waals surface area contributed by atoms with Crippen LogP contribution in [-0.4, -0.2) is 102 Å². The molecule has 6 amide bonds. The smallest absolute Gasteiger partial charge is 0.409 e. The fraction of sp³-hybridized carbons (Fsp3) is 0.758. The van der Waals surface area contributed by atoms with Crippen molar-refractivity contribution in [1.82, 2.24) is 31.1 Å². The lowest BCUT2D eigenvalue weighted by atomic mass is 9.85. The van der Waals surface area contributed by atoms with Crippen LogP contribution in [0.15, 0.2) is 12.7 Å². The van der Waals surface area contributed by atoms with Gasteiger partial charge >= 0.3 is 12.1 Å². The van der Waals surface area contributed by atoms with Crippen molar-refractivity contribution < 1.29 is 33.5 Å². The van der Waals surface area contributed by atoms with Crippen LogP contribution in [0.1, 0.15) is 75.2 Å². The first-order chi connectivity index (χ1) is 21.2. The van der Waals surface area contributed by atoms with Gasteiger partial charge in [-0.1, -0.05) is 68.4 Å². The lowest BCUT2D eigenvalue weighted by Gasteiger charge is -2.39. The van der Waals surface area contributed by atoms with Crippen LogP contribution in [0.2, 0.25) is 0 Å². The quantitative estimate of drug-likeness (QED) is 0.186. The van der Waals surface area contributed by atoms with Gasteiger partial charge in [0.1, 0.15) is 12.1 Å². The Morgan fingerprint density at radius 1 is 1.04 bits per heavy atom. The summed E-state index contributed by atoms with van der Waals surface area (Å²) in [5.74, 6) is -2.55. The van der Waals surface area contributed by atoms with Gasteiger partial charge in [0.2, 0.25) is 17.6 Å². The molecule has 13 heteroatoms. The monoisotopic (exact) mass is 646 g/mol. The Kier molecular flexibility index (Phi) is 11.2. The van der Waals surface area contributed by atoms with Crippen LogP contribution in [0.4, 0.5) is 9.59 Å². The maximum absolute atomic E-state index is 14.3. The summed E-state index contributed by atoms with van der Waals surface area (Å²) >= 11 is 0. The molecule has 3 fully saturated rings. The Morgan fingerprint density at radius 3 is 2.24 bits per heavy atom. The molecule has 1 aliphatic carbocycles. The molecule has 2 heterocycles. The number of hydrogen-bond donors (Lipinski definition) is 4. The van der Waals surface area contributed by atoms with E-state index in [0.29, 0.717) is 26.1 Å². The Balaban J connectivity index is 1.79. The number of ketones is 1. The third kappa shape index (κ3) is 8.19. The highest BCUT2D eigenvalue weighted by Crippen LogP contribution is 2.65. The minimum atomic E-state index is -1.05. The molecule has 1 unspecified atom stereocenters. The normalized spacial score (nSPS) is 24.0. The van der Waals surface area contributed by atoms with Crippen LogP contribution in [0.25, 0.3) is 0 Å². The number of carbonyl (C=O) groups excluding carboxylic acids is 6. The number of likely N-dealkylation sites (tertiary alicyclic amines) is 1. The largest absolute Gasteiger partial charge is 0.449 e. The Hall–Kier alpha value is -3.64. The second kappa shape index (κ2) is 14.0. The molecule has 2 aliphatic heterocycles. The van der Waals surface area contributed by atoms with Crippen molar-refractivity contribution in [3.63, 3.8) is 0 Å². The average Bonchev–Trinajstić information content (AvgIpc) is 3.28. The summed E-state index contributed by atoms with van der Waals surface area (Å²) in [6.45, 7) is 22.3. The highest BCUT2D eigenvalue weighted by Gasteiger charge is 2.70. The number of hydrogen-bond acceptors (Lipinski definition) is 7. The molecule has 0 aromatic rings. The van der Waals surface area contributed by atoms with E-state index in [-0.39, 0.29) is 36.8 Å². The number of urea groups is 1. The van der Waals surface area contributed by atoms with Gasteiger partial charge in [-0.25, -0.2) is 9.59 Å². The third-order valence-corrected chi connectivity index (χ3v) is 9.63. The molecule has 1 saturated carbocycles. The van der Waals surface area contributed by atoms with E-state index in [1.54, 1.807) is 11.8 Å². The topological polar surface area (TPSA) is 166 Å². The molecule has 0 aromatic carbocycles. The molecule has 0 bridgehead atoms. The first-order valence-electron chi connectivity index (χ1n) is 16.3. The summed E-state index contributed by atoms with van der Waals surface area (Å²) in [5.41, 5.74) is -1.34. The molecule has 6 atom stereocenters. The molecule has 0 spiro atoms. The summed E-state index contributed by atoms with van der Waals surface area (Å²) in [4.78, 5) is 82.1. The summed E-state index contributed by atoms with van der Waals surface area (Å²) < 4.78 is 5.17. The number of nitrogens with one attached hydrogen (secondary N) is 4. The van der Waals surface area contributed by atoms with Gasteiger partial charge in [0.05, 0.1) is 18.7 Å². The lowest BCUT2D eigenvalue weighted by molar-refractivity contribution is -0.145. The number of cyclic esters (lactones) is 1. The zero-order valence-electron chi connectivity index (χ0n) is 29.0. The highest BCUT2D eigenvalue weighted by atomic mass is 16.6. The number of piperidine rings is 1. The molecule has 13 nitrogen and oxygen atoms in total. The fourth-order valence-electron chi connectivity index (χ4n) is 6.50. The second-order valence-corrected chi connectivity index (χ2v) is 15.5. The van der Waals surface area contributed by atoms with E-state index in [9.17, 15) is 28.8 Å². The highest BCUT2D eigenvalue weighted by molar-refractivity contribution is 6.38. The Bertz CT molecular complexity index is 1220. The molecule has 0 radical (unpaired) electrons. The Morgan fingerprint density at radius 2 is 1.70 bits per heavy atom. The van der Waals surface area contributed by atoms with E-state index in [1.807, 2.05) is 55.4 Å². The van der Waals surface area contributed by atoms with Crippen molar-refractivity contribution in [2.45, 2.75) is 99.3 Å². The molecule has 3 rings (SSSR count). The molecular weight excluding hydrogens is 592 g/mol. The maximum atomic E-state index is 14.3. The zero-order chi connectivity index (χ0) is 34.8. The summed E-state index contributed by atoms with van der Waals surface area (Å²) in [7, 11) is 0. The van der Waals surface area contributed by atoms with Crippen molar-refractivity contribution in [3.8, 4) is 0 Å². The third-order valence-electron chi connectivity index (χ3n) is 9.63. The molecule has 4 N–H and O–H groups in total. The Labute approximate surface area is 273 Å². The van der Waals surface area contributed by atoms with Crippen LogP contribution in [0.5, 0.6) is 0 Å². The number of Topliss-reactive ketones (excluding diaryl/α,β-unsaturated/α-hetero) is 1. The fourth-order valence-corrected chi connectivity index (χ4v) is 6.50. The lowest BCUT2D eigenvalue weighted by Crippen LogP contribution is -2.63. The molecule has 258 valence electrons. The average molecular weight is 647 g/mol. The standard InChI is InChI=1S/C33H54N6O7/c1-11-14-34-27(42)24(40)20(12-2)35-26(41)23-22-19(33(22,9)10)17-39(23)28(43)25(32(6,7)8)37-29(44)36-21(31(3,4)5)18-38-15-13-16-46-30(38)45/h11,19-23,25H,1,12-18H2,2-10H3,(H,34,42)(H,35,41)(H2,36,37,44)/t19-,20?,21+,22-,23-,25+/m0/s1. The van der Waals surface area contributed by atoms with E-state index in [1.165, 1.54) is 11.0 Å². The number of ether oxygens (including phenoxy) is 1. The van der Waals surface area contributed by atoms with Gasteiger partial charge in [-0.3, -0.25) is 19.2 Å². The molecule has 46 heavy (non-hydrogen) atoms. The summed E-state index contributed by atoms with van der Waals surface area (Å²) in [6.07, 6.45) is 1.93. The van der Waals surface area contributed by atoms with Crippen molar-refractivity contribution in [2.75, 3.05) is 32.8 Å². The predicted octanol–water partition coefficient (Wildman–Crippen LogP) is 2.21. The first kappa shape index (κ1) is 36.8. The predicted molar refractivity (Wildman–Crippen MR) is 172 cm³/mol. The van der Waals surface area contributed by atoms with E-state index in [0.717, 1.165) is 0 Å². The van der Waals surface area contributed by atoms with Gasteiger partial charge in [0.25, 0.3) is 5.91 Å². The van der Waals surface area contributed by atoms with Crippen molar-refractivity contribution in [2.24, 2.45) is 28.1 Å². The molecular formula is C33H54N6O7. The van der Waals surface area contributed by atoms with Crippen LogP contribution < -0.4 is 21.3 Å². The number of amides is 6. The van der Waals surface area contributed by atoms with Crippen molar-refractivity contribution >= 4 is 35.6 Å². The van der Waals surface area contributed by atoms with E-state index >= 15 is 0 Å². The van der Waals surface area contributed by atoms with Gasteiger partial charge in [-0.05, 0) is 40.9 Å². The number of rotatable bonds is 12. The molecule has 3 aliphatic rings. The zero-order valence-corrected chi connectivity index (χ0v) is 29.0. The number of carbonyl (C=O) groups is 6. The maximum Gasteiger partial charge on any atom is 0.409 e. The van der Waals surface area contributed by atoms with Crippen LogP contribution in [-0.2, 0) is 23.9 Å². The van der Waals surface area contributed by atoms with Crippen LogP contribution in [0, 0.1) is 28.1 Å². The number of fused-ring (bicyclic) bond motifs is 1. The molecule has 0 aromatic heterocycles. The first-order valence-corrected chi connectivity index (χ1v) is 16.3. The van der Waals surface area contributed by atoms with Gasteiger partial charge in [-0.2, -0.15) is 0 Å². The summed E-state index contributed by atoms with van der Waals surface area (Å²) in [5, 5.41) is 11.0. The minimum absolute atomic E-state index is 0.0721. The van der Waals surface area contributed by atoms with E-state index < -0.39 is 70.6 Å². The van der Waals surface area contributed by atoms with E-state index in [4.69, 9.17) is 4.74 Å². The minimum Gasteiger partial charge on any atom is -0.449 e. The van der Waals surface area contributed by atoms with E-state index in [2.05, 4.69) is 27.8 Å². The van der Waals surface area contributed by atoms with Gasteiger partial charge in [-0.15, -0.1) is 6.58 Å². The molecule has 2 saturated heterocycles. The van der Waals surface area contributed by atoms with Gasteiger partial charge in [0, 0.05) is 26.2 Å². The van der Waals surface area contributed by atoms with Crippen LogP contribution >= 0.6 is 0 Å². The van der Waals surface area contributed by atoms with Crippen molar-refractivity contribution in [3.05, 3.63) is 12.7 Å². The van der Waals surface area contributed by atoms with Gasteiger partial charge < -0.3 is 35.8 Å². The second-order valence-electron chi connectivity index (χ2n) is 15.5. The SMILES string of the molecule is C=CCNC(=O)C(=O)C(CC)NC(=O)[C@@H]1[C@@H]2[C@H](CN1C(=O)[C@@H](NC(=O)N[C@H](CN1CCCOC1=O)C(C)(C)C)C(C)(C)C)C2(C)C. The summed E-state index contributed by atoms with van der Waals surface area (Å²) in [6, 6.07) is -3.92.